The van der Waals surface area contributed by atoms with Crippen molar-refractivity contribution in [3.63, 3.8) is 0 Å². The van der Waals surface area contributed by atoms with E-state index < -0.39 is 0 Å². The van der Waals surface area contributed by atoms with Gasteiger partial charge in [-0.3, -0.25) is 4.79 Å². The lowest BCUT2D eigenvalue weighted by molar-refractivity contribution is 0.0792. The molecule has 0 aromatic carbocycles. The van der Waals surface area contributed by atoms with Gasteiger partial charge in [0.05, 0.1) is 17.2 Å². The van der Waals surface area contributed by atoms with Crippen molar-refractivity contribution in [2.75, 3.05) is 13.1 Å². The highest BCUT2D eigenvalue weighted by Gasteiger charge is 2.32. The van der Waals surface area contributed by atoms with Crippen LogP contribution in [0.4, 0.5) is 0 Å². The number of aromatic nitrogens is 3. The van der Waals surface area contributed by atoms with Gasteiger partial charge in [0.25, 0.3) is 5.91 Å². The van der Waals surface area contributed by atoms with Gasteiger partial charge in [-0.15, -0.1) is 11.3 Å². The minimum Gasteiger partial charge on any atom is -0.461 e. The van der Waals surface area contributed by atoms with Gasteiger partial charge in [-0.05, 0) is 42.1 Å². The molecule has 26 heavy (non-hydrogen) atoms. The zero-order valence-electron chi connectivity index (χ0n) is 13.9. The first kappa shape index (κ1) is 15.3. The second-order valence-corrected chi connectivity index (χ2v) is 7.25. The third-order valence-corrected chi connectivity index (χ3v) is 5.60. The molecule has 4 aromatic heterocycles. The van der Waals surface area contributed by atoms with Crippen LogP contribution in [0, 0.1) is 0 Å². The fourth-order valence-corrected chi connectivity index (χ4v) is 4.24. The van der Waals surface area contributed by atoms with Crippen LogP contribution in [-0.2, 0) is 0 Å². The lowest BCUT2D eigenvalue weighted by Gasteiger charge is -2.17. The van der Waals surface area contributed by atoms with E-state index in [0.29, 0.717) is 12.3 Å². The van der Waals surface area contributed by atoms with E-state index >= 15 is 0 Å². The number of thiophene rings is 1. The average molecular weight is 364 g/mol. The smallest absolute Gasteiger partial charge is 0.263 e. The highest BCUT2D eigenvalue weighted by Crippen LogP contribution is 2.32. The van der Waals surface area contributed by atoms with Crippen LogP contribution in [0.5, 0.6) is 0 Å². The minimum absolute atomic E-state index is 0.0967. The molecule has 0 bridgehead atoms. The maximum Gasteiger partial charge on any atom is 0.263 e. The van der Waals surface area contributed by atoms with Crippen molar-refractivity contribution in [2.45, 2.75) is 12.5 Å². The Balaban J connectivity index is 1.53. The van der Waals surface area contributed by atoms with Gasteiger partial charge < -0.3 is 13.9 Å². The normalized spacial score (nSPS) is 17.2. The number of rotatable bonds is 3. The molecule has 0 saturated carbocycles. The maximum atomic E-state index is 12.7. The lowest BCUT2D eigenvalue weighted by atomic mass is 10.2. The Hall–Kier alpha value is -2.93. The summed E-state index contributed by atoms with van der Waals surface area (Å²) in [6.07, 6.45) is 4.29. The molecule has 0 radical (unpaired) electrons. The number of hydrogen-bond acceptors (Lipinski definition) is 5. The Kier molecular flexibility index (Phi) is 3.60. The van der Waals surface area contributed by atoms with Gasteiger partial charge in [-0.1, -0.05) is 6.07 Å². The Labute approximate surface area is 153 Å². The lowest BCUT2D eigenvalue weighted by Crippen LogP contribution is -2.28. The summed E-state index contributed by atoms with van der Waals surface area (Å²) in [6.45, 7) is 1.37. The first-order valence-electron chi connectivity index (χ1n) is 8.51. The number of nitrogens with zero attached hydrogens (tertiary/aromatic N) is 4. The Morgan fingerprint density at radius 3 is 3.00 bits per heavy atom. The van der Waals surface area contributed by atoms with E-state index in [0.717, 1.165) is 34.8 Å². The highest BCUT2D eigenvalue weighted by atomic mass is 32.1. The third kappa shape index (κ3) is 2.43. The number of hydrogen-bond donors (Lipinski definition) is 0. The molecular weight excluding hydrogens is 348 g/mol. The molecular formula is C19H16N4O2S. The zero-order chi connectivity index (χ0) is 17.5. The number of pyridine rings is 1. The van der Waals surface area contributed by atoms with E-state index in [1.54, 1.807) is 12.5 Å². The second-order valence-electron chi connectivity index (χ2n) is 6.30. The summed E-state index contributed by atoms with van der Waals surface area (Å²) in [5.74, 6) is 1.57. The van der Waals surface area contributed by atoms with E-state index in [2.05, 4.69) is 9.55 Å². The molecule has 130 valence electrons. The van der Waals surface area contributed by atoms with Crippen LogP contribution in [0.2, 0.25) is 0 Å². The zero-order valence-corrected chi connectivity index (χ0v) is 14.7. The van der Waals surface area contributed by atoms with Crippen molar-refractivity contribution in [1.82, 2.24) is 19.4 Å². The molecule has 1 fully saturated rings. The monoisotopic (exact) mass is 364 g/mol. The van der Waals surface area contributed by atoms with Crippen molar-refractivity contribution in [3.05, 3.63) is 59.1 Å². The quantitative estimate of drug-likeness (QED) is 0.554. The summed E-state index contributed by atoms with van der Waals surface area (Å²) >= 11 is 1.48. The number of carbonyl (C=O) groups is 1. The topological polar surface area (TPSA) is 64.2 Å². The minimum atomic E-state index is 0.0967. The predicted molar refractivity (Wildman–Crippen MR) is 99.1 cm³/mol. The molecule has 5 heterocycles. The van der Waals surface area contributed by atoms with E-state index in [4.69, 9.17) is 9.40 Å². The maximum absolute atomic E-state index is 12.7. The number of imidazole rings is 1. The summed E-state index contributed by atoms with van der Waals surface area (Å²) in [5.41, 5.74) is 1.66. The first-order chi connectivity index (χ1) is 12.8. The standard InChI is InChI=1S/C19H16N4O2S/c24-19(16-6-3-11-26-16)22-9-7-13(12-22)23-17-14(4-1-8-20-17)21-18(23)15-5-2-10-25-15/h1-6,8,10-11,13H,7,9,12H2. The fraction of sp³-hybridized carbons (Fsp3) is 0.211. The van der Waals surface area contributed by atoms with Crippen molar-refractivity contribution >= 4 is 28.4 Å². The van der Waals surface area contributed by atoms with Crippen LogP contribution in [0.25, 0.3) is 22.7 Å². The summed E-state index contributed by atoms with van der Waals surface area (Å²) in [6, 6.07) is 11.5. The molecule has 5 rings (SSSR count). The second kappa shape index (κ2) is 6.10. The van der Waals surface area contributed by atoms with Gasteiger partial charge in [-0.2, -0.15) is 0 Å². The molecule has 1 aliphatic heterocycles. The average Bonchev–Trinajstić information content (AvgIpc) is 3.47. The van der Waals surface area contributed by atoms with E-state index in [1.807, 2.05) is 46.7 Å². The molecule has 0 spiro atoms. The molecule has 7 heteroatoms. The molecule has 1 unspecified atom stereocenters. The van der Waals surface area contributed by atoms with Crippen LogP contribution in [0.3, 0.4) is 0 Å². The van der Waals surface area contributed by atoms with E-state index in [1.165, 1.54) is 11.3 Å². The van der Waals surface area contributed by atoms with Gasteiger partial charge in [0.1, 0.15) is 5.52 Å². The fourth-order valence-electron chi connectivity index (χ4n) is 3.55. The molecule has 0 aliphatic carbocycles. The van der Waals surface area contributed by atoms with Crippen molar-refractivity contribution in [2.24, 2.45) is 0 Å². The molecule has 1 atom stereocenters. The van der Waals surface area contributed by atoms with Crippen LogP contribution in [0.1, 0.15) is 22.1 Å². The molecule has 6 nitrogen and oxygen atoms in total. The SMILES string of the molecule is O=C(c1cccs1)N1CCC(n2c(-c3ccco3)nc3cccnc32)C1. The highest BCUT2D eigenvalue weighted by molar-refractivity contribution is 7.12. The number of carbonyl (C=O) groups excluding carboxylic acids is 1. The van der Waals surface area contributed by atoms with Crippen molar-refractivity contribution < 1.29 is 9.21 Å². The van der Waals surface area contributed by atoms with E-state index in [-0.39, 0.29) is 11.9 Å². The van der Waals surface area contributed by atoms with Crippen molar-refractivity contribution in [3.8, 4) is 11.6 Å². The third-order valence-electron chi connectivity index (χ3n) is 4.74. The molecule has 0 N–H and O–H groups in total. The largest absolute Gasteiger partial charge is 0.461 e. The Bertz CT molecular complexity index is 1050. The van der Waals surface area contributed by atoms with Crippen molar-refractivity contribution in [1.29, 1.82) is 0 Å². The van der Waals surface area contributed by atoms with Gasteiger partial charge >= 0.3 is 0 Å². The predicted octanol–water partition coefficient (Wildman–Crippen LogP) is 3.84. The van der Waals surface area contributed by atoms with Gasteiger partial charge in [0, 0.05) is 19.3 Å². The van der Waals surface area contributed by atoms with Crippen LogP contribution < -0.4 is 0 Å². The molecule has 1 saturated heterocycles. The summed E-state index contributed by atoms with van der Waals surface area (Å²) < 4.78 is 7.71. The summed E-state index contributed by atoms with van der Waals surface area (Å²) in [5, 5.41) is 1.93. The van der Waals surface area contributed by atoms with Crippen LogP contribution in [-0.4, -0.2) is 38.4 Å². The number of amides is 1. The first-order valence-corrected chi connectivity index (χ1v) is 9.39. The molecule has 4 aromatic rings. The van der Waals surface area contributed by atoms with Gasteiger partial charge in [0.15, 0.2) is 17.2 Å². The van der Waals surface area contributed by atoms with Crippen LogP contribution in [0.15, 0.2) is 58.7 Å². The number of furan rings is 1. The summed E-state index contributed by atoms with van der Waals surface area (Å²) in [7, 11) is 0. The molecule has 1 aliphatic rings. The van der Waals surface area contributed by atoms with E-state index in [9.17, 15) is 4.79 Å². The molecule has 1 amide bonds. The van der Waals surface area contributed by atoms with Gasteiger partial charge in [0.2, 0.25) is 0 Å². The number of fused-ring (bicyclic) bond motifs is 1. The number of likely N-dealkylation sites (tertiary alicyclic amines) is 1. The Morgan fingerprint density at radius 1 is 1.23 bits per heavy atom. The van der Waals surface area contributed by atoms with Gasteiger partial charge in [-0.25, -0.2) is 9.97 Å². The summed E-state index contributed by atoms with van der Waals surface area (Å²) in [4.78, 5) is 24.6. The Morgan fingerprint density at radius 2 is 2.19 bits per heavy atom. The van der Waals surface area contributed by atoms with Crippen LogP contribution >= 0.6 is 11.3 Å².